The Morgan fingerprint density at radius 1 is 0.760 bits per heavy atom. The van der Waals surface area contributed by atoms with Crippen LogP contribution in [0.5, 0.6) is 0 Å². The molecule has 1 heterocycles. The Hall–Kier alpha value is -0.480. The Bertz CT molecular complexity index is 463. The maximum Gasteiger partial charge on any atom is 0.197 e. The Morgan fingerprint density at radius 3 is 1.64 bits per heavy atom. The molecule has 12 N–H and O–H groups in total. The van der Waals surface area contributed by atoms with E-state index < -0.39 is 79.3 Å². The molecule has 0 aromatic carbocycles. The molecule has 2 fully saturated rings. The van der Waals surface area contributed by atoms with Gasteiger partial charge in [0.25, 0.3) is 0 Å². The van der Waals surface area contributed by atoms with Gasteiger partial charge in [0.1, 0.15) is 42.0 Å². The van der Waals surface area contributed by atoms with Crippen molar-refractivity contribution in [1.29, 1.82) is 0 Å². The van der Waals surface area contributed by atoms with Gasteiger partial charge in [0, 0.05) is 0 Å². The summed E-state index contributed by atoms with van der Waals surface area (Å²) in [6, 6.07) is -1.93. The highest BCUT2D eigenvalue weighted by Crippen LogP contribution is 2.49. The molecular weight excluding hydrogens is 346 g/mol. The summed E-state index contributed by atoms with van der Waals surface area (Å²) in [7, 11) is 0. The highest BCUT2D eigenvalue weighted by molar-refractivity contribution is 5.18. The van der Waals surface area contributed by atoms with E-state index in [1.165, 1.54) is 0 Å². The maximum absolute atomic E-state index is 11.0. The molecule has 1 saturated carbocycles. The smallest absolute Gasteiger partial charge is 0.197 e. The van der Waals surface area contributed by atoms with Gasteiger partial charge in [-0.05, 0) is 0 Å². The summed E-state index contributed by atoms with van der Waals surface area (Å²) in [6.07, 6.45) is -16.1. The number of hydrogen-bond acceptors (Lipinski definition) is 12. The van der Waals surface area contributed by atoms with E-state index in [0.717, 1.165) is 0 Å². The van der Waals surface area contributed by atoms with Crippen molar-refractivity contribution in [2.45, 2.75) is 60.7 Å². The average molecular weight is 371 g/mol. The summed E-state index contributed by atoms with van der Waals surface area (Å²) in [5.74, 6) is -3.01. The second kappa shape index (κ2) is 6.92. The number of rotatable bonds is 3. The topological polar surface area (TPSA) is 238 Å². The van der Waals surface area contributed by atoms with Crippen molar-refractivity contribution in [3.05, 3.63) is 0 Å². The minimum absolute atomic E-state index is 0.908. The van der Waals surface area contributed by atoms with E-state index in [9.17, 15) is 51.1 Å². The van der Waals surface area contributed by atoms with Crippen LogP contribution in [0.1, 0.15) is 0 Å². The normalized spacial score (nSPS) is 57.5. The molecule has 25 heavy (non-hydrogen) atoms. The summed E-state index contributed by atoms with van der Waals surface area (Å²) >= 11 is 0. The summed E-state index contributed by atoms with van der Waals surface area (Å²) in [6.45, 7) is -2.21. The summed E-state index contributed by atoms with van der Waals surface area (Å²) in [5, 5.41) is 100. The van der Waals surface area contributed by atoms with Crippen molar-refractivity contribution < 1.29 is 55.8 Å². The molecule has 9 atom stereocenters. The second-order valence-corrected chi connectivity index (χ2v) is 6.60. The zero-order valence-corrected chi connectivity index (χ0v) is 13.1. The predicted octanol–water partition coefficient (Wildman–Crippen LogP) is -7.09. The van der Waals surface area contributed by atoms with Gasteiger partial charge in [-0.3, -0.25) is 0 Å². The van der Waals surface area contributed by atoms with Crippen LogP contribution in [-0.2, 0) is 4.74 Å². The highest BCUT2D eigenvalue weighted by atomic mass is 16.7. The van der Waals surface area contributed by atoms with Crippen molar-refractivity contribution in [3.63, 3.8) is 0 Å². The Kier molecular flexibility index (Phi) is 5.76. The Morgan fingerprint density at radius 2 is 1.24 bits per heavy atom. The molecule has 12 nitrogen and oxygen atoms in total. The van der Waals surface area contributed by atoms with Crippen LogP contribution in [-0.4, -0.2) is 125 Å². The first kappa shape index (κ1) is 20.8. The van der Waals surface area contributed by atoms with Crippen LogP contribution >= 0.6 is 0 Å². The SMILES string of the molecule is N[C@@H]1[C@H](O)[C@@H](O)[C@@H](CO)OC1(O)C1(CO)C(O)C(O)C(O)C(O)C1O. The Balaban J connectivity index is 2.59. The van der Waals surface area contributed by atoms with Crippen molar-refractivity contribution in [1.82, 2.24) is 0 Å². The average Bonchev–Trinajstić information content (AvgIpc) is 2.60. The van der Waals surface area contributed by atoms with Crippen LogP contribution in [0.4, 0.5) is 0 Å². The molecule has 148 valence electrons. The molecule has 0 aromatic heterocycles. The van der Waals surface area contributed by atoms with Crippen LogP contribution in [0.2, 0.25) is 0 Å². The number of aliphatic hydroxyl groups excluding tert-OH is 9. The lowest BCUT2D eigenvalue weighted by Gasteiger charge is -2.60. The lowest BCUT2D eigenvalue weighted by atomic mass is 9.59. The molecule has 0 amide bonds. The van der Waals surface area contributed by atoms with E-state index in [0.29, 0.717) is 0 Å². The van der Waals surface area contributed by atoms with Crippen LogP contribution < -0.4 is 5.73 Å². The Labute approximate surface area is 142 Å². The van der Waals surface area contributed by atoms with Gasteiger partial charge < -0.3 is 61.5 Å². The zero-order valence-electron chi connectivity index (χ0n) is 13.1. The monoisotopic (exact) mass is 371 g/mol. The molecule has 12 heteroatoms. The minimum Gasteiger partial charge on any atom is -0.395 e. The van der Waals surface area contributed by atoms with Gasteiger partial charge in [-0.25, -0.2) is 0 Å². The van der Waals surface area contributed by atoms with Gasteiger partial charge in [0.2, 0.25) is 0 Å². The third-order valence-corrected chi connectivity index (χ3v) is 5.39. The summed E-state index contributed by atoms with van der Waals surface area (Å²) in [5.41, 5.74) is 3.00. The van der Waals surface area contributed by atoms with Gasteiger partial charge in [-0.1, -0.05) is 0 Å². The van der Waals surface area contributed by atoms with Crippen LogP contribution in [0.3, 0.4) is 0 Å². The van der Waals surface area contributed by atoms with Gasteiger partial charge >= 0.3 is 0 Å². The van der Waals surface area contributed by atoms with Crippen molar-refractivity contribution in [3.8, 4) is 0 Å². The second-order valence-electron chi connectivity index (χ2n) is 6.60. The number of ether oxygens (including phenoxy) is 1. The van der Waals surface area contributed by atoms with E-state index in [1.807, 2.05) is 0 Å². The quantitative estimate of drug-likeness (QED) is 0.222. The maximum atomic E-state index is 11.0. The molecule has 0 bridgehead atoms. The highest BCUT2D eigenvalue weighted by Gasteiger charge is 2.72. The van der Waals surface area contributed by atoms with Crippen LogP contribution in [0.15, 0.2) is 0 Å². The molecular formula is C13H25NO11. The molecule has 0 aromatic rings. The van der Waals surface area contributed by atoms with E-state index in [-0.39, 0.29) is 0 Å². The van der Waals surface area contributed by atoms with Gasteiger partial charge in [-0.2, -0.15) is 0 Å². The lowest BCUT2D eigenvalue weighted by molar-refractivity contribution is -0.410. The standard InChI is InChI=1S/C13H25NO11/c14-9-6(19)4(17)3(1-15)25-13(9,24)12(2-16)10(22)7(20)5(18)8(21)11(12)23/h3-11,15-24H,1-2,14H2/t3-,4+,5?,6-,7?,8?,9-,10?,11?,12?,13?/m1/s1. The molecule has 1 aliphatic heterocycles. The lowest BCUT2D eigenvalue weighted by Crippen LogP contribution is -2.83. The molecule has 0 spiro atoms. The number of hydrogen-bond donors (Lipinski definition) is 11. The van der Waals surface area contributed by atoms with Crippen LogP contribution in [0.25, 0.3) is 0 Å². The summed E-state index contributed by atoms with van der Waals surface area (Å²) in [4.78, 5) is 0. The zero-order chi connectivity index (χ0) is 19.3. The fraction of sp³-hybridized carbons (Fsp3) is 1.00. The first-order valence-corrected chi connectivity index (χ1v) is 7.65. The van der Waals surface area contributed by atoms with Crippen molar-refractivity contribution in [2.75, 3.05) is 13.2 Å². The third-order valence-electron chi connectivity index (χ3n) is 5.39. The predicted molar refractivity (Wildman–Crippen MR) is 76.5 cm³/mol. The fourth-order valence-electron chi connectivity index (χ4n) is 3.69. The number of nitrogens with two attached hydrogens (primary N) is 1. The summed E-state index contributed by atoms with van der Waals surface area (Å²) < 4.78 is 5.11. The van der Waals surface area contributed by atoms with E-state index in [4.69, 9.17) is 10.5 Å². The van der Waals surface area contributed by atoms with Crippen molar-refractivity contribution >= 4 is 0 Å². The fourth-order valence-corrected chi connectivity index (χ4v) is 3.69. The first-order chi connectivity index (χ1) is 11.5. The van der Waals surface area contributed by atoms with Crippen molar-refractivity contribution in [2.24, 2.45) is 11.1 Å². The minimum atomic E-state index is -3.01. The van der Waals surface area contributed by atoms with Gasteiger partial charge in [0.05, 0.1) is 31.5 Å². The van der Waals surface area contributed by atoms with E-state index >= 15 is 0 Å². The molecule has 0 radical (unpaired) electrons. The van der Waals surface area contributed by atoms with E-state index in [1.54, 1.807) is 0 Å². The molecule has 1 saturated heterocycles. The molecule has 2 aliphatic rings. The molecule has 5 unspecified atom stereocenters. The van der Waals surface area contributed by atoms with Gasteiger partial charge in [-0.15, -0.1) is 0 Å². The number of aliphatic hydroxyl groups is 10. The molecule has 2 rings (SSSR count). The van der Waals surface area contributed by atoms with Crippen LogP contribution in [0, 0.1) is 5.41 Å². The third kappa shape index (κ3) is 2.62. The van der Waals surface area contributed by atoms with Gasteiger partial charge in [0.15, 0.2) is 5.79 Å². The molecule has 1 aliphatic carbocycles. The van der Waals surface area contributed by atoms with E-state index in [2.05, 4.69) is 0 Å². The first-order valence-electron chi connectivity index (χ1n) is 7.65. The largest absolute Gasteiger partial charge is 0.395 e.